The average Bonchev–Trinajstić information content (AvgIpc) is 2.62. The number of nitrogens with one attached hydrogen (secondary N) is 1. The molecular weight excluding hydrogens is 168 g/mol. The number of pyridine rings is 1. The van der Waals surface area contributed by atoms with E-state index in [1.165, 1.54) is 20.2 Å². The Morgan fingerprint density at radius 2 is 2.17 bits per heavy atom. The molecule has 3 heteroatoms. The predicted molar refractivity (Wildman–Crippen MR) is 51.5 cm³/mol. The third-order valence-corrected chi connectivity index (χ3v) is 3.10. The van der Waals surface area contributed by atoms with Gasteiger partial charge in [0, 0.05) is 35.6 Å². The van der Waals surface area contributed by atoms with Crippen LogP contribution in [0.5, 0.6) is 0 Å². The van der Waals surface area contributed by atoms with Crippen molar-refractivity contribution >= 4 is 31.5 Å². The van der Waals surface area contributed by atoms with E-state index in [-0.39, 0.29) is 0 Å². The monoisotopic (exact) mass is 174 g/mol. The Bertz CT molecular complexity index is 534. The number of aromatic amines is 1. The van der Waals surface area contributed by atoms with Gasteiger partial charge < -0.3 is 4.98 Å². The van der Waals surface area contributed by atoms with Crippen LogP contribution in [0.1, 0.15) is 0 Å². The lowest BCUT2D eigenvalue weighted by Crippen LogP contribution is -1.66. The van der Waals surface area contributed by atoms with Crippen LogP contribution in [-0.4, -0.2) is 9.97 Å². The SMILES string of the molecule is c1cc2c(c[nH]1)sc1cncc12. The van der Waals surface area contributed by atoms with E-state index in [2.05, 4.69) is 16.0 Å². The molecule has 0 spiro atoms. The van der Waals surface area contributed by atoms with E-state index >= 15 is 0 Å². The first kappa shape index (κ1) is 6.20. The molecular formula is C9H6N2S. The molecule has 0 bridgehead atoms. The number of H-pyrrole nitrogens is 1. The summed E-state index contributed by atoms with van der Waals surface area (Å²) in [6.45, 7) is 0. The minimum absolute atomic E-state index is 1.27. The minimum atomic E-state index is 1.27. The zero-order chi connectivity index (χ0) is 7.97. The fourth-order valence-electron chi connectivity index (χ4n) is 1.44. The Labute approximate surface area is 72.9 Å². The highest BCUT2D eigenvalue weighted by molar-refractivity contribution is 7.25. The zero-order valence-electron chi connectivity index (χ0n) is 6.24. The summed E-state index contributed by atoms with van der Waals surface area (Å²) in [5.41, 5.74) is 0. The van der Waals surface area contributed by atoms with Crippen molar-refractivity contribution in [1.82, 2.24) is 9.97 Å². The molecule has 3 aromatic rings. The van der Waals surface area contributed by atoms with Crippen LogP contribution < -0.4 is 0 Å². The maximum Gasteiger partial charge on any atom is 0.0554 e. The number of hydrogen-bond donors (Lipinski definition) is 1. The summed E-state index contributed by atoms with van der Waals surface area (Å²) < 4.78 is 2.56. The first-order valence-corrected chi connectivity index (χ1v) is 4.56. The molecule has 12 heavy (non-hydrogen) atoms. The van der Waals surface area contributed by atoms with Gasteiger partial charge in [0.15, 0.2) is 0 Å². The van der Waals surface area contributed by atoms with Crippen molar-refractivity contribution in [3.05, 3.63) is 30.9 Å². The van der Waals surface area contributed by atoms with Crippen LogP contribution >= 0.6 is 11.3 Å². The van der Waals surface area contributed by atoms with Crippen LogP contribution in [0, 0.1) is 0 Å². The van der Waals surface area contributed by atoms with Crippen LogP contribution in [0.4, 0.5) is 0 Å². The fourth-order valence-corrected chi connectivity index (χ4v) is 2.47. The van der Waals surface area contributed by atoms with Crippen LogP contribution in [0.25, 0.3) is 20.2 Å². The van der Waals surface area contributed by atoms with Gasteiger partial charge in [0.25, 0.3) is 0 Å². The van der Waals surface area contributed by atoms with Crippen molar-refractivity contribution in [2.75, 3.05) is 0 Å². The van der Waals surface area contributed by atoms with Crippen LogP contribution in [0.3, 0.4) is 0 Å². The molecule has 3 heterocycles. The fraction of sp³-hybridized carbons (Fsp3) is 0. The Kier molecular flexibility index (Phi) is 1.07. The third-order valence-electron chi connectivity index (χ3n) is 2.00. The number of fused-ring (bicyclic) bond motifs is 3. The molecule has 0 atom stereocenters. The minimum Gasteiger partial charge on any atom is -0.366 e. The van der Waals surface area contributed by atoms with Gasteiger partial charge in [-0.15, -0.1) is 11.3 Å². The van der Waals surface area contributed by atoms with Crippen molar-refractivity contribution < 1.29 is 0 Å². The maximum atomic E-state index is 4.11. The smallest absolute Gasteiger partial charge is 0.0554 e. The number of aromatic nitrogens is 2. The van der Waals surface area contributed by atoms with E-state index < -0.39 is 0 Å². The number of nitrogens with zero attached hydrogens (tertiary/aromatic N) is 1. The van der Waals surface area contributed by atoms with E-state index in [1.54, 1.807) is 11.3 Å². The summed E-state index contributed by atoms with van der Waals surface area (Å²) in [6, 6.07) is 2.09. The van der Waals surface area contributed by atoms with Crippen LogP contribution in [-0.2, 0) is 0 Å². The van der Waals surface area contributed by atoms with Crippen LogP contribution in [0.15, 0.2) is 30.9 Å². The zero-order valence-corrected chi connectivity index (χ0v) is 7.06. The largest absolute Gasteiger partial charge is 0.366 e. The normalized spacial score (nSPS) is 11.3. The summed E-state index contributed by atoms with van der Waals surface area (Å²) in [7, 11) is 0. The molecule has 0 unspecified atom stereocenters. The standard InChI is InChI=1S/C9H6N2S/c1-2-10-4-8-6(1)7-3-11-5-9(7)12-8/h1-5,10H. The predicted octanol–water partition coefficient (Wildman–Crippen LogP) is 2.78. The van der Waals surface area contributed by atoms with Crippen molar-refractivity contribution in [3.8, 4) is 0 Å². The summed E-state index contributed by atoms with van der Waals surface area (Å²) in [5, 5.41) is 2.57. The van der Waals surface area contributed by atoms with Gasteiger partial charge in [-0.25, -0.2) is 0 Å². The van der Waals surface area contributed by atoms with Crippen molar-refractivity contribution in [3.63, 3.8) is 0 Å². The molecule has 2 nitrogen and oxygen atoms in total. The first-order valence-electron chi connectivity index (χ1n) is 3.74. The van der Waals surface area contributed by atoms with E-state index in [9.17, 15) is 0 Å². The molecule has 58 valence electrons. The molecule has 3 aromatic heterocycles. The lowest BCUT2D eigenvalue weighted by atomic mass is 10.2. The van der Waals surface area contributed by atoms with Gasteiger partial charge in [-0.3, -0.25) is 4.98 Å². The maximum absolute atomic E-state index is 4.11. The average molecular weight is 174 g/mol. The number of hydrogen-bond acceptors (Lipinski definition) is 2. The van der Waals surface area contributed by atoms with Gasteiger partial charge >= 0.3 is 0 Å². The van der Waals surface area contributed by atoms with Gasteiger partial charge in [-0.1, -0.05) is 0 Å². The molecule has 0 saturated heterocycles. The van der Waals surface area contributed by atoms with E-state index in [1.807, 2.05) is 24.8 Å². The Balaban J connectivity index is 2.68. The summed E-state index contributed by atoms with van der Waals surface area (Å²) in [5.74, 6) is 0. The summed E-state index contributed by atoms with van der Waals surface area (Å²) in [4.78, 5) is 7.19. The molecule has 0 aliphatic heterocycles. The topological polar surface area (TPSA) is 28.7 Å². The molecule has 0 saturated carbocycles. The van der Waals surface area contributed by atoms with Gasteiger partial charge in [0.2, 0.25) is 0 Å². The van der Waals surface area contributed by atoms with Gasteiger partial charge in [0.05, 0.1) is 9.40 Å². The molecule has 0 aromatic carbocycles. The van der Waals surface area contributed by atoms with Gasteiger partial charge in [-0.05, 0) is 6.07 Å². The van der Waals surface area contributed by atoms with Crippen molar-refractivity contribution in [2.24, 2.45) is 0 Å². The third kappa shape index (κ3) is 0.662. The summed E-state index contributed by atoms with van der Waals surface area (Å²) in [6.07, 6.45) is 7.82. The quantitative estimate of drug-likeness (QED) is 0.557. The molecule has 0 aliphatic rings. The molecule has 0 fully saturated rings. The second-order valence-corrected chi connectivity index (χ2v) is 3.79. The molecule has 0 aliphatic carbocycles. The van der Waals surface area contributed by atoms with E-state index in [4.69, 9.17) is 0 Å². The second kappa shape index (κ2) is 2.08. The Morgan fingerprint density at radius 3 is 3.17 bits per heavy atom. The van der Waals surface area contributed by atoms with Crippen molar-refractivity contribution in [1.29, 1.82) is 0 Å². The summed E-state index contributed by atoms with van der Waals surface area (Å²) >= 11 is 1.77. The van der Waals surface area contributed by atoms with Gasteiger partial charge in [0.1, 0.15) is 0 Å². The van der Waals surface area contributed by atoms with E-state index in [0.717, 1.165) is 0 Å². The van der Waals surface area contributed by atoms with Gasteiger partial charge in [-0.2, -0.15) is 0 Å². The Hall–Kier alpha value is -1.35. The second-order valence-electron chi connectivity index (χ2n) is 2.71. The van der Waals surface area contributed by atoms with Crippen LogP contribution in [0.2, 0.25) is 0 Å². The molecule has 0 radical (unpaired) electrons. The number of thiophene rings is 1. The highest BCUT2D eigenvalue weighted by Gasteiger charge is 2.03. The van der Waals surface area contributed by atoms with E-state index in [0.29, 0.717) is 0 Å². The molecule has 3 rings (SSSR count). The van der Waals surface area contributed by atoms with Crippen molar-refractivity contribution in [2.45, 2.75) is 0 Å². The highest BCUT2D eigenvalue weighted by Crippen LogP contribution is 2.32. The lowest BCUT2D eigenvalue weighted by Gasteiger charge is -1.86. The molecule has 1 N–H and O–H groups in total. The molecule has 0 amide bonds. The first-order chi connectivity index (χ1) is 5.95. The number of rotatable bonds is 0. The highest BCUT2D eigenvalue weighted by atomic mass is 32.1. The Morgan fingerprint density at radius 1 is 1.17 bits per heavy atom. The lowest BCUT2D eigenvalue weighted by molar-refractivity contribution is 1.37.